The van der Waals surface area contributed by atoms with Crippen molar-refractivity contribution < 1.29 is 24.3 Å². The van der Waals surface area contributed by atoms with Crippen LogP contribution in [0.3, 0.4) is 0 Å². The number of carboxylic acid groups (broad SMARTS) is 1. The Bertz CT molecular complexity index is 475. The van der Waals surface area contributed by atoms with E-state index >= 15 is 0 Å². The van der Waals surface area contributed by atoms with Gasteiger partial charge in [-0.25, -0.2) is 4.79 Å². The first kappa shape index (κ1) is 22.5. The smallest absolute Gasteiger partial charge is 0.327 e. The second-order valence-electron chi connectivity index (χ2n) is 5.32. The van der Waals surface area contributed by atoms with Gasteiger partial charge in [0.2, 0.25) is 17.7 Å². The number of thiol groups is 2. The maximum atomic E-state index is 12.2. The Hall–Kier alpha value is -1.46. The maximum absolute atomic E-state index is 12.2. The van der Waals surface area contributed by atoms with E-state index in [4.69, 9.17) is 10.8 Å². The molecule has 3 amide bonds. The van der Waals surface area contributed by atoms with Gasteiger partial charge < -0.3 is 26.8 Å². The Morgan fingerprint density at radius 2 is 1.50 bits per heavy atom. The van der Waals surface area contributed by atoms with Crippen molar-refractivity contribution in [2.45, 2.75) is 32.0 Å². The lowest BCUT2D eigenvalue weighted by Gasteiger charge is -2.25. The van der Waals surface area contributed by atoms with E-state index in [1.807, 2.05) is 0 Å². The third-order valence-electron chi connectivity index (χ3n) is 3.06. The summed E-state index contributed by atoms with van der Waals surface area (Å²) in [5.74, 6) is -3.41. The van der Waals surface area contributed by atoms with Gasteiger partial charge in [-0.05, 0) is 5.92 Å². The summed E-state index contributed by atoms with van der Waals surface area (Å²) < 4.78 is 0. The van der Waals surface area contributed by atoms with Crippen molar-refractivity contribution in [1.29, 1.82) is 0 Å². The predicted octanol–water partition coefficient (Wildman–Crippen LogP) is -2.00. The molecule has 11 heteroatoms. The molecule has 0 bridgehead atoms. The molecule has 0 saturated heterocycles. The van der Waals surface area contributed by atoms with E-state index in [9.17, 15) is 19.2 Å². The van der Waals surface area contributed by atoms with Gasteiger partial charge in [0.25, 0.3) is 0 Å². The molecule has 9 nitrogen and oxygen atoms in total. The van der Waals surface area contributed by atoms with Crippen LogP contribution in [0.15, 0.2) is 0 Å². The van der Waals surface area contributed by atoms with Crippen molar-refractivity contribution in [3.63, 3.8) is 0 Å². The molecular weight excluding hydrogens is 356 g/mol. The van der Waals surface area contributed by atoms with Crippen LogP contribution in [0, 0.1) is 5.92 Å². The summed E-state index contributed by atoms with van der Waals surface area (Å²) in [4.78, 5) is 46.7. The number of hydrogen-bond donors (Lipinski definition) is 7. The third kappa shape index (κ3) is 7.41. The molecular formula is C13H24N4O5S2. The summed E-state index contributed by atoms with van der Waals surface area (Å²) in [7, 11) is 0. The minimum absolute atomic E-state index is 0.0123. The highest BCUT2D eigenvalue weighted by molar-refractivity contribution is 7.80. The maximum Gasteiger partial charge on any atom is 0.327 e. The van der Waals surface area contributed by atoms with Crippen LogP contribution >= 0.6 is 25.3 Å². The quantitative estimate of drug-likeness (QED) is 0.218. The second-order valence-corrected chi connectivity index (χ2v) is 6.05. The molecule has 0 saturated carbocycles. The van der Waals surface area contributed by atoms with Crippen LogP contribution in [0.2, 0.25) is 0 Å². The number of carbonyl (C=O) groups is 4. The van der Waals surface area contributed by atoms with Gasteiger partial charge in [0.05, 0.1) is 6.54 Å². The highest BCUT2D eigenvalue weighted by Crippen LogP contribution is 2.04. The summed E-state index contributed by atoms with van der Waals surface area (Å²) >= 11 is 7.85. The average Bonchev–Trinajstić information content (AvgIpc) is 2.53. The number of carboxylic acids is 1. The van der Waals surface area contributed by atoms with E-state index in [0.29, 0.717) is 0 Å². The fraction of sp³-hybridized carbons (Fsp3) is 0.692. The monoisotopic (exact) mass is 380 g/mol. The van der Waals surface area contributed by atoms with Crippen LogP contribution < -0.4 is 21.7 Å². The normalized spacial score (nSPS) is 14.4. The molecule has 0 aliphatic rings. The molecule has 0 aromatic carbocycles. The first-order valence-electron chi connectivity index (χ1n) is 7.22. The van der Waals surface area contributed by atoms with E-state index in [1.165, 1.54) is 0 Å². The number of nitrogens with one attached hydrogen (secondary N) is 3. The minimum atomic E-state index is -1.23. The van der Waals surface area contributed by atoms with Crippen molar-refractivity contribution in [1.82, 2.24) is 16.0 Å². The van der Waals surface area contributed by atoms with Crippen molar-refractivity contribution >= 4 is 48.9 Å². The van der Waals surface area contributed by atoms with Gasteiger partial charge in [0.15, 0.2) is 0 Å². The molecule has 138 valence electrons. The summed E-state index contributed by atoms with van der Waals surface area (Å²) in [6.07, 6.45) is 0. The topological polar surface area (TPSA) is 151 Å². The molecule has 24 heavy (non-hydrogen) atoms. The first-order chi connectivity index (χ1) is 11.2. The zero-order valence-electron chi connectivity index (χ0n) is 13.5. The van der Waals surface area contributed by atoms with Gasteiger partial charge in [-0.1, -0.05) is 13.8 Å². The standard InChI is InChI=1S/C13H24N4O5S2/c1-6(2)10(12(20)16-8(5-24)13(21)22)17-11(19)7(4-23)15-9(18)3-14/h6-8,10,23-24H,3-5,14H2,1-2H3,(H,15,18)(H,16,20)(H,17,19)(H,21,22). The Morgan fingerprint density at radius 1 is 0.958 bits per heavy atom. The van der Waals surface area contributed by atoms with Crippen LogP contribution in [-0.2, 0) is 19.2 Å². The van der Waals surface area contributed by atoms with Gasteiger partial charge in [-0.15, -0.1) is 0 Å². The van der Waals surface area contributed by atoms with Crippen LogP contribution in [0.4, 0.5) is 0 Å². The summed E-state index contributed by atoms with van der Waals surface area (Å²) in [5.41, 5.74) is 5.18. The first-order valence-corrected chi connectivity index (χ1v) is 8.49. The fourth-order valence-corrected chi connectivity index (χ4v) is 2.19. The Labute approximate surface area is 151 Å². The lowest BCUT2D eigenvalue weighted by Crippen LogP contribution is -2.58. The molecule has 0 aromatic heterocycles. The Balaban J connectivity index is 4.99. The van der Waals surface area contributed by atoms with E-state index < -0.39 is 41.8 Å². The van der Waals surface area contributed by atoms with Crippen molar-refractivity contribution in [2.24, 2.45) is 11.7 Å². The molecule has 0 radical (unpaired) electrons. The third-order valence-corrected chi connectivity index (χ3v) is 3.79. The summed E-state index contributed by atoms with van der Waals surface area (Å²) in [6.45, 7) is 3.10. The van der Waals surface area contributed by atoms with Gasteiger partial charge in [0, 0.05) is 11.5 Å². The molecule has 0 heterocycles. The van der Waals surface area contributed by atoms with Crippen molar-refractivity contribution in [2.75, 3.05) is 18.1 Å². The molecule has 0 aliphatic heterocycles. The SMILES string of the molecule is CC(C)C(NC(=O)C(CS)NC(=O)CN)C(=O)NC(CS)C(=O)O. The molecule has 0 rings (SSSR count). The highest BCUT2D eigenvalue weighted by Gasteiger charge is 2.30. The highest BCUT2D eigenvalue weighted by atomic mass is 32.1. The van der Waals surface area contributed by atoms with Gasteiger partial charge in [-0.3, -0.25) is 14.4 Å². The number of aliphatic carboxylic acids is 1. The number of amides is 3. The predicted molar refractivity (Wildman–Crippen MR) is 95.0 cm³/mol. The summed E-state index contributed by atoms with van der Waals surface area (Å²) in [6, 6.07) is -3.11. The van der Waals surface area contributed by atoms with Crippen molar-refractivity contribution in [3.8, 4) is 0 Å². The van der Waals surface area contributed by atoms with Gasteiger partial charge in [0.1, 0.15) is 18.1 Å². The molecule has 3 unspecified atom stereocenters. The zero-order valence-corrected chi connectivity index (χ0v) is 15.3. The lowest BCUT2D eigenvalue weighted by atomic mass is 10.0. The van der Waals surface area contributed by atoms with Gasteiger partial charge in [-0.2, -0.15) is 25.3 Å². The van der Waals surface area contributed by atoms with Crippen molar-refractivity contribution in [3.05, 3.63) is 0 Å². The van der Waals surface area contributed by atoms with Crippen LogP contribution in [0.5, 0.6) is 0 Å². The summed E-state index contributed by atoms with van der Waals surface area (Å²) in [5, 5.41) is 16.1. The number of hydrogen-bond acceptors (Lipinski definition) is 7. The largest absolute Gasteiger partial charge is 0.480 e. The fourth-order valence-electron chi connectivity index (χ4n) is 1.68. The molecule has 3 atom stereocenters. The molecule has 0 aromatic rings. The zero-order chi connectivity index (χ0) is 18.9. The van der Waals surface area contributed by atoms with Gasteiger partial charge >= 0.3 is 5.97 Å². The molecule has 0 aliphatic carbocycles. The Morgan fingerprint density at radius 3 is 1.88 bits per heavy atom. The molecule has 6 N–H and O–H groups in total. The molecule has 0 spiro atoms. The number of nitrogens with two attached hydrogens (primary N) is 1. The minimum Gasteiger partial charge on any atom is -0.480 e. The van der Waals surface area contributed by atoms with E-state index in [2.05, 4.69) is 41.2 Å². The van der Waals surface area contributed by atoms with Crippen LogP contribution in [0.1, 0.15) is 13.8 Å². The second kappa shape index (κ2) is 11.2. The number of carbonyl (C=O) groups excluding carboxylic acids is 3. The van der Waals surface area contributed by atoms with E-state index in [0.717, 1.165) is 0 Å². The average molecular weight is 380 g/mol. The number of rotatable bonds is 10. The lowest BCUT2D eigenvalue weighted by molar-refractivity contribution is -0.141. The van der Waals surface area contributed by atoms with Crippen LogP contribution in [0.25, 0.3) is 0 Å². The molecule has 0 fully saturated rings. The van der Waals surface area contributed by atoms with E-state index in [1.54, 1.807) is 13.8 Å². The van der Waals surface area contributed by atoms with E-state index in [-0.39, 0.29) is 24.0 Å². The Kier molecular flexibility index (Phi) is 10.5. The van der Waals surface area contributed by atoms with Crippen LogP contribution in [-0.4, -0.2) is 65.0 Å².